The van der Waals surface area contributed by atoms with E-state index >= 15 is 0 Å². The lowest BCUT2D eigenvalue weighted by molar-refractivity contribution is 0.0819. The van der Waals surface area contributed by atoms with Gasteiger partial charge in [-0.2, -0.15) is 5.10 Å². The molecule has 1 heterocycles. The highest BCUT2D eigenvalue weighted by Gasteiger charge is 2.31. The minimum absolute atomic E-state index is 0.00919. The molecule has 1 aromatic carbocycles. The molecule has 0 aliphatic heterocycles. The number of likely N-dealkylation sites (N-methyl/N-ethyl adjacent to an activating group) is 1. The smallest absolute Gasteiger partial charge is 0.274 e. The van der Waals surface area contributed by atoms with Crippen LogP contribution in [0.15, 0.2) is 30.3 Å². The lowest BCUT2D eigenvalue weighted by atomic mass is 9.90. The van der Waals surface area contributed by atoms with Crippen molar-refractivity contribution in [3.8, 4) is 0 Å². The Morgan fingerprint density at radius 3 is 2.63 bits per heavy atom. The third-order valence-corrected chi connectivity index (χ3v) is 5.59. The van der Waals surface area contributed by atoms with E-state index in [4.69, 9.17) is 5.10 Å². The van der Waals surface area contributed by atoms with Gasteiger partial charge in [-0.15, -0.1) is 0 Å². The molecule has 0 saturated carbocycles. The maximum Gasteiger partial charge on any atom is 0.274 e. The Morgan fingerprint density at radius 2 is 1.96 bits per heavy atom. The molecular weight excluding hydrogens is 336 g/mol. The van der Waals surface area contributed by atoms with Crippen LogP contribution in [-0.4, -0.2) is 59.2 Å². The van der Waals surface area contributed by atoms with Crippen LogP contribution in [0.3, 0.4) is 0 Å². The van der Waals surface area contributed by atoms with Crippen LogP contribution < -0.4 is 0 Å². The van der Waals surface area contributed by atoms with Crippen molar-refractivity contribution in [1.82, 2.24) is 19.6 Å². The molecule has 5 nitrogen and oxygen atoms in total. The SMILES string of the molecule is CCCCN(C)C1CCc2c(c(C(=O)N(C)C)nn2Cc2ccccc2)C1. The second-order valence-corrected chi connectivity index (χ2v) is 7.85. The number of aromatic nitrogens is 2. The largest absolute Gasteiger partial charge is 0.343 e. The van der Waals surface area contributed by atoms with E-state index in [1.807, 2.05) is 6.07 Å². The van der Waals surface area contributed by atoms with Gasteiger partial charge in [0.25, 0.3) is 5.91 Å². The second-order valence-electron chi connectivity index (χ2n) is 7.85. The molecule has 2 aromatic rings. The molecule has 5 heteroatoms. The summed E-state index contributed by atoms with van der Waals surface area (Å²) in [5.41, 5.74) is 4.25. The van der Waals surface area contributed by atoms with Crippen molar-refractivity contribution in [3.05, 3.63) is 52.8 Å². The Kier molecular flexibility index (Phi) is 6.32. The Morgan fingerprint density at radius 1 is 1.22 bits per heavy atom. The first-order valence-corrected chi connectivity index (χ1v) is 10.1. The molecule has 0 bridgehead atoms. The summed E-state index contributed by atoms with van der Waals surface area (Å²) in [6.07, 6.45) is 5.46. The zero-order chi connectivity index (χ0) is 19.4. The number of rotatable bonds is 7. The van der Waals surface area contributed by atoms with Gasteiger partial charge in [-0.25, -0.2) is 0 Å². The number of carbonyl (C=O) groups is 1. The van der Waals surface area contributed by atoms with Crippen LogP contribution in [-0.2, 0) is 19.4 Å². The number of hydrogen-bond donors (Lipinski definition) is 0. The summed E-state index contributed by atoms with van der Waals surface area (Å²) in [7, 11) is 5.82. The van der Waals surface area contributed by atoms with Crippen molar-refractivity contribution in [2.45, 2.75) is 51.6 Å². The molecular formula is C22H32N4O. The van der Waals surface area contributed by atoms with Gasteiger partial charge >= 0.3 is 0 Å². The monoisotopic (exact) mass is 368 g/mol. The summed E-state index contributed by atoms with van der Waals surface area (Å²) in [5.74, 6) is 0.00919. The number of benzene rings is 1. The molecule has 1 unspecified atom stereocenters. The van der Waals surface area contributed by atoms with Gasteiger partial charge in [-0.05, 0) is 44.8 Å². The first-order chi connectivity index (χ1) is 13.0. The molecule has 0 radical (unpaired) electrons. The van der Waals surface area contributed by atoms with Gasteiger partial charge in [0.1, 0.15) is 0 Å². The topological polar surface area (TPSA) is 41.4 Å². The van der Waals surface area contributed by atoms with Gasteiger partial charge < -0.3 is 9.80 Å². The van der Waals surface area contributed by atoms with Crippen LogP contribution in [0, 0.1) is 0 Å². The summed E-state index contributed by atoms with van der Waals surface area (Å²) in [4.78, 5) is 16.9. The quantitative estimate of drug-likeness (QED) is 0.753. The average Bonchev–Trinajstić information content (AvgIpc) is 3.03. The highest BCUT2D eigenvalue weighted by Crippen LogP contribution is 2.28. The van der Waals surface area contributed by atoms with Crippen LogP contribution in [0.5, 0.6) is 0 Å². The zero-order valence-corrected chi connectivity index (χ0v) is 17.1. The predicted octanol–water partition coefficient (Wildman–Crippen LogP) is 3.22. The van der Waals surface area contributed by atoms with Crippen molar-refractivity contribution in [1.29, 1.82) is 0 Å². The van der Waals surface area contributed by atoms with Gasteiger partial charge in [0.05, 0.1) is 6.54 Å². The minimum atomic E-state index is 0.00919. The van der Waals surface area contributed by atoms with E-state index in [9.17, 15) is 4.79 Å². The molecule has 1 atom stereocenters. The van der Waals surface area contributed by atoms with Gasteiger partial charge in [-0.3, -0.25) is 9.48 Å². The predicted molar refractivity (Wildman–Crippen MR) is 109 cm³/mol. The third-order valence-electron chi connectivity index (χ3n) is 5.59. The molecule has 146 valence electrons. The maximum atomic E-state index is 12.8. The van der Waals surface area contributed by atoms with E-state index in [1.54, 1.807) is 19.0 Å². The minimum Gasteiger partial charge on any atom is -0.343 e. The van der Waals surface area contributed by atoms with E-state index < -0.39 is 0 Å². The van der Waals surface area contributed by atoms with Crippen LogP contribution in [0.25, 0.3) is 0 Å². The first kappa shape index (κ1) is 19.6. The third kappa shape index (κ3) is 4.41. The summed E-state index contributed by atoms with van der Waals surface area (Å²) in [5, 5.41) is 4.77. The van der Waals surface area contributed by atoms with E-state index in [0.29, 0.717) is 11.7 Å². The molecule has 0 fully saturated rings. The number of hydrogen-bond acceptors (Lipinski definition) is 3. The van der Waals surface area contributed by atoms with Crippen LogP contribution in [0.4, 0.5) is 0 Å². The Bertz CT molecular complexity index is 766. The lowest BCUT2D eigenvalue weighted by Crippen LogP contribution is -2.38. The molecule has 1 aliphatic carbocycles. The van der Waals surface area contributed by atoms with E-state index in [-0.39, 0.29) is 5.91 Å². The Labute approximate surface area is 163 Å². The number of unbranched alkanes of at least 4 members (excludes halogenated alkanes) is 1. The molecule has 27 heavy (non-hydrogen) atoms. The summed E-state index contributed by atoms with van der Waals surface area (Å²) < 4.78 is 2.06. The highest BCUT2D eigenvalue weighted by molar-refractivity contribution is 5.93. The fourth-order valence-corrected chi connectivity index (χ4v) is 3.91. The standard InChI is InChI=1S/C22H32N4O/c1-5-6-14-25(4)18-12-13-20-19(15-18)21(22(27)24(2)3)23-26(20)16-17-10-8-7-9-11-17/h7-11,18H,5-6,12-16H2,1-4H3. The van der Waals surface area contributed by atoms with E-state index in [0.717, 1.165) is 37.9 Å². The molecule has 0 saturated heterocycles. The first-order valence-electron chi connectivity index (χ1n) is 10.1. The average molecular weight is 369 g/mol. The second kappa shape index (κ2) is 8.70. The van der Waals surface area contributed by atoms with E-state index in [1.165, 1.54) is 24.1 Å². The van der Waals surface area contributed by atoms with Crippen LogP contribution in [0.1, 0.15) is 53.5 Å². The number of amides is 1. The Balaban J connectivity index is 1.90. The molecule has 1 amide bonds. The van der Waals surface area contributed by atoms with Gasteiger partial charge in [0, 0.05) is 31.4 Å². The van der Waals surface area contributed by atoms with Crippen molar-refractivity contribution in [3.63, 3.8) is 0 Å². The van der Waals surface area contributed by atoms with Gasteiger partial charge in [-0.1, -0.05) is 43.7 Å². The summed E-state index contributed by atoms with van der Waals surface area (Å²) in [6.45, 7) is 4.07. The summed E-state index contributed by atoms with van der Waals surface area (Å²) in [6, 6.07) is 10.9. The van der Waals surface area contributed by atoms with Crippen molar-refractivity contribution < 1.29 is 4.79 Å². The highest BCUT2D eigenvalue weighted by atomic mass is 16.2. The summed E-state index contributed by atoms with van der Waals surface area (Å²) >= 11 is 0. The molecule has 3 rings (SSSR count). The number of fused-ring (bicyclic) bond motifs is 1. The van der Waals surface area contributed by atoms with Crippen molar-refractivity contribution in [2.75, 3.05) is 27.7 Å². The molecule has 0 spiro atoms. The molecule has 0 N–H and O–H groups in total. The Hall–Kier alpha value is -2.14. The van der Waals surface area contributed by atoms with Crippen LogP contribution >= 0.6 is 0 Å². The lowest BCUT2D eigenvalue weighted by Gasteiger charge is -2.31. The fourth-order valence-electron chi connectivity index (χ4n) is 3.91. The van der Waals surface area contributed by atoms with Crippen molar-refractivity contribution >= 4 is 5.91 Å². The number of carbonyl (C=O) groups excluding carboxylic acids is 1. The normalized spacial score (nSPS) is 16.4. The molecule has 1 aromatic heterocycles. The molecule has 1 aliphatic rings. The maximum absolute atomic E-state index is 12.8. The van der Waals surface area contributed by atoms with Gasteiger partial charge in [0.2, 0.25) is 0 Å². The fraction of sp³-hybridized carbons (Fsp3) is 0.545. The van der Waals surface area contributed by atoms with Crippen LogP contribution in [0.2, 0.25) is 0 Å². The van der Waals surface area contributed by atoms with E-state index in [2.05, 4.69) is 47.8 Å². The number of nitrogens with zero attached hydrogens (tertiary/aromatic N) is 4. The zero-order valence-electron chi connectivity index (χ0n) is 17.1. The van der Waals surface area contributed by atoms with Gasteiger partial charge in [0.15, 0.2) is 5.69 Å². The van der Waals surface area contributed by atoms with Crippen molar-refractivity contribution in [2.24, 2.45) is 0 Å².